The zero-order valence-electron chi connectivity index (χ0n) is 16.2. The molecular formula is C20H22N4O5. The van der Waals surface area contributed by atoms with Crippen molar-refractivity contribution in [2.24, 2.45) is 0 Å². The van der Waals surface area contributed by atoms with Crippen molar-refractivity contribution >= 4 is 40.7 Å². The molecule has 1 saturated heterocycles. The van der Waals surface area contributed by atoms with Crippen LogP contribution in [-0.4, -0.2) is 60.0 Å². The highest BCUT2D eigenvalue weighted by molar-refractivity contribution is 6.31. The van der Waals surface area contributed by atoms with Gasteiger partial charge in [-0.15, -0.1) is 0 Å². The maximum absolute atomic E-state index is 12.5. The van der Waals surface area contributed by atoms with E-state index in [0.717, 1.165) is 15.8 Å². The second-order valence-electron chi connectivity index (χ2n) is 6.44. The van der Waals surface area contributed by atoms with Crippen LogP contribution in [0.4, 0.5) is 4.79 Å². The number of rotatable bonds is 7. The summed E-state index contributed by atoms with van der Waals surface area (Å²) < 4.78 is 6.67. The maximum atomic E-state index is 12.5. The number of amides is 5. The molecule has 152 valence electrons. The Morgan fingerprint density at radius 2 is 2.00 bits per heavy atom. The molecule has 5 amide bonds. The van der Waals surface area contributed by atoms with Crippen LogP contribution in [0, 0.1) is 0 Å². The highest BCUT2D eigenvalue weighted by atomic mass is 16.5. The second-order valence-corrected chi connectivity index (χ2v) is 6.44. The summed E-state index contributed by atoms with van der Waals surface area (Å²) in [6.07, 6.45) is 3.16. The molecule has 1 aliphatic heterocycles. The van der Waals surface area contributed by atoms with Gasteiger partial charge in [-0.05, 0) is 19.1 Å². The lowest BCUT2D eigenvalue weighted by Crippen LogP contribution is -2.53. The van der Waals surface area contributed by atoms with Gasteiger partial charge in [0, 0.05) is 42.9 Å². The van der Waals surface area contributed by atoms with E-state index in [0.29, 0.717) is 18.7 Å². The number of nitrogens with zero attached hydrogens (tertiary/aromatic N) is 2. The first-order chi connectivity index (χ1) is 14.0. The number of likely N-dealkylation sites (N-methyl/N-ethyl adjacent to an activating group) is 1. The van der Waals surface area contributed by atoms with Gasteiger partial charge >= 0.3 is 6.03 Å². The van der Waals surface area contributed by atoms with Crippen LogP contribution >= 0.6 is 0 Å². The third kappa shape index (κ3) is 4.19. The lowest BCUT2D eigenvalue weighted by molar-refractivity contribution is -0.130. The van der Waals surface area contributed by atoms with E-state index in [1.807, 2.05) is 24.3 Å². The van der Waals surface area contributed by atoms with Gasteiger partial charge < -0.3 is 14.6 Å². The Bertz CT molecular complexity index is 1010. The Morgan fingerprint density at radius 3 is 2.72 bits per heavy atom. The van der Waals surface area contributed by atoms with E-state index in [1.165, 1.54) is 6.08 Å². The normalized spacial score (nSPS) is 15.9. The van der Waals surface area contributed by atoms with Gasteiger partial charge in [-0.2, -0.15) is 0 Å². The van der Waals surface area contributed by atoms with Crippen molar-refractivity contribution in [3.8, 4) is 0 Å². The van der Waals surface area contributed by atoms with E-state index in [1.54, 1.807) is 24.8 Å². The lowest BCUT2D eigenvalue weighted by Gasteiger charge is -2.24. The van der Waals surface area contributed by atoms with E-state index >= 15 is 0 Å². The number of fused-ring (bicyclic) bond motifs is 1. The summed E-state index contributed by atoms with van der Waals surface area (Å²) in [5, 5.41) is 5.71. The Balaban J connectivity index is 1.95. The predicted octanol–water partition coefficient (Wildman–Crippen LogP) is 0.886. The maximum Gasteiger partial charge on any atom is 0.331 e. The van der Waals surface area contributed by atoms with Gasteiger partial charge in [-0.1, -0.05) is 18.2 Å². The number of hydrogen-bond acceptors (Lipinski definition) is 5. The molecule has 2 N–H and O–H groups in total. The fraction of sp³-hybridized carbons (Fsp3) is 0.300. The minimum atomic E-state index is -0.737. The molecule has 2 aromatic rings. The second kappa shape index (κ2) is 8.70. The summed E-state index contributed by atoms with van der Waals surface area (Å²) in [6.45, 7) is 2.70. The van der Waals surface area contributed by atoms with Crippen LogP contribution in [0.2, 0.25) is 0 Å². The molecule has 3 rings (SSSR count). The van der Waals surface area contributed by atoms with E-state index in [-0.39, 0.29) is 24.6 Å². The smallest absolute Gasteiger partial charge is 0.331 e. The predicted molar refractivity (Wildman–Crippen MR) is 106 cm³/mol. The zero-order chi connectivity index (χ0) is 21.0. The molecule has 9 heteroatoms. The number of nitrogens with one attached hydrogen (secondary N) is 2. The third-order valence-corrected chi connectivity index (χ3v) is 4.56. The number of benzene rings is 1. The van der Waals surface area contributed by atoms with Crippen LogP contribution in [0.25, 0.3) is 17.0 Å². The summed E-state index contributed by atoms with van der Waals surface area (Å²) >= 11 is 0. The summed E-state index contributed by atoms with van der Waals surface area (Å²) in [6, 6.07) is 6.64. The van der Waals surface area contributed by atoms with Gasteiger partial charge in [0.2, 0.25) is 5.91 Å². The number of methoxy groups -OCH3 is 1. The fourth-order valence-corrected chi connectivity index (χ4v) is 3.16. The first-order valence-electron chi connectivity index (χ1n) is 9.18. The molecule has 2 heterocycles. The van der Waals surface area contributed by atoms with Crippen molar-refractivity contribution in [1.29, 1.82) is 0 Å². The molecule has 0 radical (unpaired) electrons. The molecule has 0 spiro atoms. The average molecular weight is 398 g/mol. The van der Waals surface area contributed by atoms with Gasteiger partial charge in [-0.25, -0.2) is 4.79 Å². The standard InChI is InChI=1S/C20H22N4O5/c1-3-24-19(27)15(18(26)22-20(24)28)10-13-11-23(12-17(25)21-8-9-29-2)16-7-5-4-6-14(13)16/h4-7,10-11H,3,8-9,12H2,1-2H3,(H,21,25)(H,22,26,28)/b15-10-. The number of carbonyl (C=O) groups is 4. The first-order valence-corrected chi connectivity index (χ1v) is 9.18. The number of aromatic nitrogens is 1. The minimum absolute atomic E-state index is 0.0765. The molecule has 29 heavy (non-hydrogen) atoms. The quantitative estimate of drug-likeness (QED) is 0.409. The molecular weight excluding hydrogens is 376 g/mol. The van der Waals surface area contributed by atoms with Crippen molar-refractivity contribution in [3.05, 3.63) is 41.6 Å². The number of ether oxygens (including phenoxy) is 1. The number of para-hydroxylation sites is 1. The van der Waals surface area contributed by atoms with Crippen molar-refractivity contribution in [1.82, 2.24) is 20.1 Å². The van der Waals surface area contributed by atoms with Crippen LogP contribution in [-0.2, 0) is 25.7 Å². The zero-order valence-corrected chi connectivity index (χ0v) is 16.2. The Labute approximate surface area is 167 Å². The first kappa shape index (κ1) is 20.3. The van der Waals surface area contributed by atoms with Crippen LogP contribution in [0.1, 0.15) is 12.5 Å². The third-order valence-electron chi connectivity index (χ3n) is 4.56. The Morgan fingerprint density at radius 1 is 1.24 bits per heavy atom. The molecule has 1 fully saturated rings. The lowest BCUT2D eigenvalue weighted by atomic mass is 10.1. The number of imide groups is 2. The summed E-state index contributed by atoms with van der Waals surface area (Å²) in [5.41, 5.74) is 1.27. The van der Waals surface area contributed by atoms with E-state index in [4.69, 9.17) is 4.74 Å². The Kier molecular flexibility index (Phi) is 6.08. The van der Waals surface area contributed by atoms with Crippen LogP contribution in [0.3, 0.4) is 0 Å². The van der Waals surface area contributed by atoms with Crippen LogP contribution in [0.5, 0.6) is 0 Å². The number of barbiturate groups is 1. The van der Waals surface area contributed by atoms with Gasteiger partial charge in [0.1, 0.15) is 12.1 Å². The highest BCUT2D eigenvalue weighted by Crippen LogP contribution is 2.25. The van der Waals surface area contributed by atoms with Crippen LogP contribution < -0.4 is 10.6 Å². The molecule has 1 aliphatic rings. The largest absolute Gasteiger partial charge is 0.383 e. The molecule has 1 aromatic heterocycles. The van der Waals surface area contributed by atoms with Gasteiger partial charge in [0.05, 0.1) is 6.61 Å². The SMILES string of the molecule is CCN1C(=O)NC(=O)/C(=C/c2cn(CC(=O)NCCOC)c3ccccc23)C1=O. The van der Waals surface area contributed by atoms with E-state index in [9.17, 15) is 19.2 Å². The fourth-order valence-electron chi connectivity index (χ4n) is 3.16. The summed E-state index contributed by atoms with van der Waals surface area (Å²) in [5.74, 6) is -1.56. The van der Waals surface area contributed by atoms with Gasteiger partial charge in [-0.3, -0.25) is 24.6 Å². The minimum Gasteiger partial charge on any atom is -0.383 e. The molecule has 1 aromatic carbocycles. The molecule has 0 saturated carbocycles. The molecule has 0 bridgehead atoms. The Hall–Kier alpha value is -3.46. The highest BCUT2D eigenvalue weighted by Gasteiger charge is 2.34. The topological polar surface area (TPSA) is 110 Å². The number of hydrogen-bond donors (Lipinski definition) is 2. The number of carbonyl (C=O) groups excluding carboxylic acids is 4. The van der Waals surface area contributed by atoms with E-state index in [2.05, 4.69) is 10.6 Å². The monoisotopic (exact) mass is 398 g/mol. The number of urea groups is 1. The van der Waals surface area contributed by atoms with Crippen molar-refractivity contribution < 1.29 is 23.9 Å². The summed E-state index contributed by atoms with van der Waals surface area (Å²) in [4.78, 5) is 49.7. The van der Waals surface area contributed by atoms with Gasteiger partial charge in [0.25, 0.3) is 11.8 Å². The average Bonchev–Trinajstić information content (AvgIpc) is 3.03. The molecule has 0 atom stereocenters. The van der Waals surface area contributed by atoms with Crippen molar-refractivity contribution in [3.63, 3.8) is 0 Å². The molecule has 9 nitrogen and oxygen atoms in total. The summed E-state index contributed by atoms with van der Waals surface area (Å²) in [7, 11) is 1.56. The molecule has 0 unspecified atom stereocenters. The van der Waals surface area contributed by atoms with E-state index < -0.39 is 17.8 Å². The van der Waals surface area contributed by atoms with Crippen molar-refractivity contribution in [2.75, 3.05) is 26.8 Å². The van der Waals surface area contributed by atoms with Crippen LogP contribution in [0.15, 0.2) is 36.0 Å². The molecule has 0 aliphatic carbocycles. The van der Waals surface area contributed by atoms with Crippen molar-refractivity contribution in [2.45, 2.75) is 13.5 Å². The van der Waals surface area contributed by atoms with Gasteiger partial charge in [0.15, 0.2) is 0 Å².